The summed E-state index contributed by atoms with van der Waals surface area (Å²) < 4.78 is 11.1. The number of hydrogen-bond donors (Lipinski definition) is 2. The molecular formula is C21H20N2O3S. The third-order valence-corrected chi connectivity index (χ3v) is 5.77. The average molecular weight is 380 g/mol. The molecule has 0 saturated heterocycles. The molecule has 0 saturated carbocycles. The van der Waals surface area contributed by atoms with Gasteiger partial charge < -0.3 is 20.1 Å². The van der Waals surface area contributed by atoms with E-state index in [1.165, 1.54) is 0 Å². The molecule has 27 heavy (non-hydrogen) atoms. The van der Waals surface area contributed by atoms with Crippen LogP contribution in [0.5, 0.6) is 11.5 Å². The number of para-hydroxylation sites is 2. The summed E-state index contributed by atoms with van der Waals surface area (Å²) in [5.41, 5.74) is 3.68. The number of amides is 1. The lowest BCUT2D eigenvalue weighted by Crippen LogP contribution is -2.36. The normalized spacial score (nSPS) is 18.8. The van der Waals surface area contributed by atoms with E-state index in [0.717, 1.165) is 38.9 Å². The van der Waals surface area contributed by atoms with Crippen LogP contribution in [0, 0.1) is 0 Å². The molecule has 2 aromatic rings. The van der Waals surface area contributed by atoms with E-state index in [1.807, 2.05) is 54.6 Å². The van der Waals surface area contributed by atoms with E-state index in [4.69, 9.17) is 9.47 Å². The number of carbonyl (C=O) groups excluding carboxylic acids is 1. The number of ether oxygens (including phenoxy) is 2. The largest absolute Gasteiger partial charge is 0.496 e. The first-order chi connectivity index (χ1) is 13.2. The number of methoxy groups -OCH3 is 2. The molecule has 2 aliphatic rings. The van der Waals surface area contributed by atoms with Crippen molar-refractivity contribution in [1.82, 2.24) is 10.6 Å². The van der Waals surface area contributed by atoms with Crippen LogP contribution in [0.3, 0.4) is 0 Å². The van der Waals surface area contributed by atoms with Gasteiger partial charge in [-0.1, -0.05) is 30.3 Å². The summed E-state index contributed by atoms with van der Waals surface area (Å²) in [6.45, 7) is 0. The molecule has 0 fully saturated rings. The Morgan fingerprint density at radius 3 is 2.48 bits per heavy atom. The highest BCUT2D eigenvalue weighted by Crippen LogP contribution is 2.43. The van der Waals surface area contributed by atoms with Crippen LogP contribution in [-0.4, -0.2) is 25.9 Å². The third-order valence-electron chi connectivity index (χ3n) is 4.60. The van der Waals surface area contributed by atoms with Gasteiger partial charge in [-0.05, 0) is 24.3 Å². The first-order valence-corrected chi connectivity index (χ1v) is 9.61. The Hall–Kier alpha value is -2.86. The van der Waals surface area contributed by atoms with Gasteiger partial charge in [-0.25, -0.2) is 0 Å². The highest BCUT2D eigenvalue weighted by Gasteiger charge is 2.32. The van der Waals surface area contributed by atoms with Crippen molar-refractivity contribution in [3.05, 3.63) is 76.3 Å². The van der Waals surface area contributed by atoms with Crippen LogP contribution in [0.2, 0.25) is 0 Å². The van der Waals surface area contributed by atoms with Crippen molar-refractivity contribution in [3.63, 3.8) is 0 Å². The smallest absolute Gasteiger partial charge is 0.234 e. The van der Waals surface area contributed by atoms with E-state index < -0.39 is 0 Å². The Kier molecular flexibility index (Phi) is 4.81. The van der Waals surface area contributed by atoms with Crippen LogP contribution in [0.4, 0.5) is 0 Å². The molecule has 0 aliphatic carbocycles. The van der Waals surface area contributed by atoms with Gasteiger partial charge in [-0.15, -0.1) is 11.8 Å². The first kappa shape index (κ1) is 17.5. The van der Waals surface area contributed by atoms with Crippen LogP contribution < -0.4 is 20.1 Å². The number of allylic oxidation sites excluding steroid dienone is 1. The number of benzene rings is 2. The van der Waals surface area contributed by atoms with E-state index in [9.17, 15) is 4.79 Å². The standard InChI is InChI=1S/C21H20N2O3S/c1-25-17-9-5-3-7-13(17)15-11-16-21(27-12-19(24)22-16)20(23-15)14-8-4-6-10-18(14)26-2/h3-11,20,23H,12H2,1-2H3,(H,22,24). The summed E-state index contributed by atoms with van der Waals surface area (Å²) >= 11 is 1.56. The van der Waals surface area contributed by atoms with E-state index in [0.29, 0.717) is 5.75 Å². The Balaban J connectivity index is 1.84. The molecule has 1 atom stereocenters. The van der Waals surface area contributed by atoms with Gasteiger partial charge in [0.2, 0.25) is 5.91 Å². The fraction of sp³-hybridized carbons (Fsp3) is 0.190. The summed E-state index contributed by atoms with van der Waals surface area (Å²) in [4.78, 5) is 13.1. The van der Waals surface area contributed by atoms with Crippen LogP contribution in [-0.2, 0) is 4.79 Å². The average Bonchev–Trinajstić information content (AvgIpc) is 2.72. The summed E-state index contributed by atoms with van der Waals surface area (Å²) in [7, 11) is 3.33. The van der Waals surface area contributed by atoms with Gasteiger partial charge in [-0.3, -0.25) is 4.79 Å². The van der Waals surface area contributed by atoms with Crippen molar-refractivity contribution in [2.45, 2.75) is 6.04 Å². The second kappa shape index (κ2) is 7.40. The van der Waals surface area contributed by atoms with Gasteiger partial charge in [0.25, 0.3) is 0 Å². The highest BCUT2D eigenvalue weighted by molar-refractivity contribution is 8.03. The van der Waals surface area contributed by atoms with Gasteiger partial charge in [0.1, 0.15) is 11.5 Å². The zero-order valence-corrected chi connectivity index (χ0v) is 15.9. The van der Waals surface area contributed by atoms with Crippen LogP contribution in [0.1, 0.15) is 17.2 Å². The first-order valence-electron chi connectivity index (χ1n) is 8.62. The lowest BCUT2D eigenvalue weighted by molar-refractivity contribution is -0.117. The number of nitrogens with one attached hydrogen (secondary N) is 2. The molecule has 0 bridgehead atoms. The maximum absolute atomic E-state index is 12.0. The maximum Gasteiger partial charge on any atom is 0.234 e. The molecule has 1 unspecified atom stereocenters. The Bertz CT molecular complexity index is 952. The number of carbonyl (C=O) groups is 1. The van der Waals surface area contributed by atoms with Crippen molar-refractivity contribution >= 4 is 23.4 Å². The van der Waals surface area contributed by atoms with Gasteiger partial charge >= 0.3 is 0 Å². The van der Waals surface area contributed by atoms with E-state index in [2.05, 4.69) is 10.6 Å². The van der Waals surface area contributed by atoms with Crippen LogP contribution >= 0.6 is 11.8 Å². The SMILES string of the molecule is COc1ccccc1C1=CC2=C(SCC(=O)N2)C(c2ccccc2OC)N1. The third kappa shape index (κ3) is 3.28. The second-order valence-corrected chi connectivity index (χ2v) is 7.21. The van der Waals surface area contributed by atoms with Gasteiger partial charge in [0, 0.05) is 21.7 Å². The fourth-order valence-electron chi connectivity index (χ4n) is 3.37. The predicted octanol–water partition coefficient (Wildman–Crippen LogP) is 3.46. The molecule has 0 spiro atoms. The summed E-state index contributed by atoms with van der Waals surface area (Å²) in [5.74, 6) is 1.99. The predicted molar refractivity (Wildman–Crippen MR) is 107 cm³/mol. The highest BCUT2D eigenvalue weighted by atomic mass is 32.2. The molecule has 1 amide bonds. The van der Waals surface area contributed by atoms with Crippen molar-refractivity contribution in [1.29, 1.82) is 0 Å². The minimum Gasteiger partial charge on any atom is -0.496 e. The topological polar surface area (TPSA) is 59.6 Å². The van der Waals surface area contributed by atoms with Crippen molar-refractivity contribution in [3.8, 4) is 11.5 Å². The van der Waals surface area contributed by atoms with E-state index in [1.54, 1.807) is 26.0 Å². The maximum atomic E-state index is 12.0. The van der Waals surface area contributed by atoms with Gasteiger partial charge in [0.15, 0.2) is 0 Å². The molecule has 2 N–H and O–H groups in total. The molecule has 6 heteroatoms. The second-order valence-electron chi connectivity index (χ2n) is 6.19. The van der Waals surface area contributed by atoms with E-state index in [-0.39, 0.29) is 11.9 Å². The molecule has 4 rings (SSSR count). The van der Waals surface area contributed by atoms with Gasteiger partial charge in [0.05, 0.1) is 31.7 Å². The molecule has 5 nitrogen and oxygen atoms in total. The monoisotopic (exact) mass is 380 g/mol. The zero-order valence-electron chi connectivity index (χ0n) is 15.1. The Morgan fingerprint density at radius 2 is 1.70 bits per heavy atom. The molecule has 2 aromatic carbocycles. The van der Waals surface area contributed by atoms with Crippen molar-refractivity contribution < 1.29 is 14.3 Å². The summed E-state index contributed by atoms with van der Waals surface area (Å²) in [6.07, 6.45) is 1.98. The van der Waals surface area contributed by atoms with E-state index >= 15 is 0 Å². The minimum atomic E-state index is -0.119. The van der Waals surface area contributed by atoms with Crippen LogP contribution in [0.25, 0.3) is 5.70 Å². The molecule has 138 valence electrons. The molecular weight excluding hydrogens is 360 g/mol. The summed E-state index contributed by atoms with van der Waals surface area (Å²) in [5, 5.41) is 6.64. The van der Waals surface area contributed by atoms with Crippen LogP contribution in [0.15, 0.2) is 65.2 Å². The summed E-state index contributed by atoms with van der Waals surface area (Å²) in [6, 6.07) is 15.7. The fourth-order valence-corrected chi connectivity index (χ4v) is 4.35. The Morgan fingerprint density at radius 1 is 1.00 bits per heavy atom. The Labute approximate surface area is 162 Å². The molecule has 0 aromatic heterocycles. The van der Waals surface area contributed by atoms with Crippen molar-refractivity contribution in [2.24, 2.45) is 0 Å². The molecule has 0 radical (unpaired) electrons. The lowest BCUT2D eigenvalue weighted by Gasteiger charge is -2.33. The molecule has 2 aliphatic heterocycles. The molecule has 2 heterocycles. The lowest BCUT2D eigenvalue weighted by atomic mass is 9.98. The number of dihydropyridines is 1. The zero-order chi connectivity index (χ0) is 18.8. The van der Waals surface area contributed by atoms with Crippen molar-refractivity contribution in [2.75, 3.05) is 20.0 Å². The minimum absolute atomic E-state index is 0.00931. The van der Waals surface area contributed by atoms with Gasteiger partial charge in [-0.2, -0.15) is 0 Å². The number of hydrogen-bond acceptors (Lipinski definition) is 5. The quantitative estimate of drug-likeness (QED) is 0.851. The number of rotatable bonds is 4. The number of thioether (sulfide) groups is 1.